The van der Waals surface area contributed by atoms with Gasteiger partial charge < -0.3 is 21.5 Å². The molecule has 4 aromatic rings. The molecule has 40 heavy (non-hydrogen) atoms. The Kier molecular flexibility index (Phi) is 7.77. The van der Waals surface area contributed by atoms with E-state index in [0.717, 1.165) is 47.2 Å². The molecule has 0 bridgehead atoms. The molecule has 6 rings (SSSR count). The number of nitrogens with one attached hydrogen (secondary N) is 2. The number of fused-ring (bicyclic) bond motifs is 2. The van der Waals surface area contributed by atoms with E-state index in [1.807, 2.05) is 23.6 Å². The highest BCUT2D eigenvalue weighted by molar-refractivity contribution is 8.02. The molecule has 0 saturated heterocycles. The third-order valence-electron chi connectivity index (χ3n) is 7.83. The minimum atomic E-state index is -0.308. The summed E-state index contributed by atoms with van der Waals surface area (Å²) in [5.41, 5.74) is 9.50. The number of nitrogen functional groups attached to an aromatic ring is 1. The molecule has 2 aliphatic rings. The van der Waals surface area contributed by atoms with Gasteiger partial charge in [-0.25, -0.2) is 9.97 Å². The van der Waals surface area contributed by atoms with Gasteiger partial charge in [-0.3, -0.25) is 14.0 Å². The number of pyridine rings is 1. The summed E-state index contributed by atoms with van der Waals surface area (Å²) in [6.07, 6.45) is 9.27. The number of carbonyl (C=O) groups excluding carboxylic acids is 2. The number of nitrogens with zero attached hydrogens (tertiary/aromatic N) is 3. The van der Waals surface area contributed by atoms with Crippen LogP contribution in [-0.4, -0.2) is 49.7 Å². The number of aliphatic hydroxyl groups excluding tert-OH is 1. The smallest absolute Gasteiger partial charge is 0.270 e. The van der Waals surface area contributed by atoms with Gasteiger partial charge in [0, 0.05) is 24.4 Å². The number of anilines is 1. The maximum absolute atomic E-state index is 13.8. The number of allylic oxidation sites excluding steroid dienone is 1. The molecule has 1 aliphatic heterocycles. The molecule has 2 amide bonds. The van der Waals surface area contributed by atoms with Crippen molar-refractivity contribution < 1.29 is 14.7 Å². The summed E-state index contributed by atoms with van der Waals surface area (Å²) in [6, 6.07) is 8.99. The molecule has 1 saturated carbocycles. The Hall–Kier alpha value is -3.41. The van der Waals surface area contributed by atoms with Crippen LogP contribution in [0.15, 0.2) is 48.0 Å². The van der Waals surface area contributed by atoms with Gasteiger partial charge in [0.25, 0.3) is 11.8 Å². The van der Waals surface area contributed by atoms with E-state index in [1.165, 1.54) is 17.8 Å². The van der Waals surface area contributed by atoms with Crippen molar-refractivity contribution >= 4 is 55.9 Å². The highest BCUT2D eigenvalue weighted by Crippen LogP contribution is 2.33. The molecule has 1 aliphatic carbocycles. The van der Waals surface area contributed by atoms with Crippen molar-refractivity contribution in [2.24, 2.45) is 5.92 Å². The fourth-order valence-electron chi connectivity index (χ4n) is 5.74. The van der Waals surface area contributed by atoms with E-state index in [0.29, 0.717) is 34.3 Å². The molecule has 1 unspecified atom stereocenters. The van der Waals surface area contributed by atoms with E-state index in [2.05, 4.69) is 21.7 Å². The van der Waals surface area contributed by atoms with Crippen LogP contribution in [0.4, 0.5) is 5.13 Å². The molecule has 9 nitrogen and oxygen atoms in total. The van der Waals surface area contributed by atoms with Gasteiger partial charge in [0.05, 0.1) is 34.1 Å². The van der Waals surface area contributed by atoms with E-state index in [1.54, 1.807) is 34.5 Å². The van der Waals surface area contributed by atoms with Crippen LogP contribution < -0.4 is 16.4 Å². The Morgan fingerprint density at radius 3 is 2.77 bits per heavy atom. The van der Waals surface area contributed by atoms with Gasteiger partial charge in [-0.1, -0.05) is 42.7 Å². The van der Waals surface area contributed by atoms with Crippen molar-refractivity contribution in [3.63, 3.8) is 0 Å². The maximum Gasteiger partial charge on any atom is 0.270 e. The molecule has 3 aromatic heterocycles. The van der Waals surface area contributed by atoms with Crippen molar-refractivity contribution in [3.05, 3.63) is 70.5 Å². The first-order valence-corrected chi connectivity index (χ1v) is 15.5. The molecule has 1 aromatic carbocycles. The summed E-state index contributed by atoms with van der Waals surface area (Å²) in [6.45, 7) is 0.228. The van der Waals surface area contributed by atoms with Crippen LogP contribution in [-0.2, 0) is 6.54 Å². The number of carbonyl (C=O) groups is 2. The second-order valence-corrected chi connectivity index (χ2v) is 12.4. The fourth-order valence-corrected chi connectivity index (χ4v) is 7.43. The minimum absolute atomic E-state index is 0.0395. The summed E-state index contributed by atoms with van der Waals surface area (Å²) in [5, 5.41) is 18.8. The summed E-state index contributed by atoms with van der Waals surface area (Å²) >= 11 is 3.09. The average molecular weight is 577 g/mol. The number of hydrogen-bond donors (Lipinski definition) is 4. The van der Waals surface area contributed by atoms with Crippen molar-refractivity contribution in [3.8, 4) is 0 Å². The van der Waals surface area contributed by atoms with Gasteiger partial charge in [-0.15, -0.1) is 11.8 Å². The lowest BCUT2D eigenvalue weighted by Gasteiger charge is -2.29. The van der Waals surface area contributed by atoms with E-state index in [4.69, 9.17) is 10.7 Å². The molecular weight excluding hydrogens is 544 g/mol. The zero-order valence-corrected chi connectivity index (χ0v) is 23.6. The van der Waals surface area contributed by atoms with Crippen LogP contribution in [0.3, 0.4) is 0 Å². The Balaban J connectivity index is 1.29. The average Bonchev–Trinajstić information content (AvgIpc) is 3.72. The third kappa shape index (κ3) is 5.33. The summed E-state index contributed by atoms with van der Waals surface area (Å²) < 4.78 is 2.69. The SMILES string of the molecule is Nc1nc2ccc(CNC(=O)c3cccn4c(C(=O)N[C@H](CO)C5CCCCC5)c(C5C=CSC5)nc34)cc2s1. The van der Waals surface area contributed by atoms with Gasteiger partial charge in [-0.05, 0) is 54.0 Å². The standard InChI is InChI=1S/C29H32N6O3S2/c30-29-33-21-9-8-17(13-23(21)40-29)14-31-27(37)20-7-4-11-35-25(24(34-26(20)35)19-10-12-39-16-19)28(38)32-22(15-36)18-5-2-1-3-6-18/h4,7-13,18-19,22,36H,1-3,5-6,14-16H2,(H2,30,33)(H,31,37)(H,32,38)/t19?,22-/m1/s1. The number of imidazole rings is 1. The number of rotatable bonds is 8. The lowest BCUT2D eigenvalue weighted by Crippen LogP contribution is -2.44. The van der Waals surface area contributed by atoms with E-state index in [9.17, 15) is 14.7 Å². The van der Waals surface area contributed by atoms with Gasteiger partial charge in [-0.2, -0.15) is 0 Å². The molecule has 11 heteroatoms. The number of hydrogen-bond acceptors (Lipinski definition) is 8. The topological polar surface area (TPSA) is 135 Å². The van der Waals surface area contributed by atoms with Crippen LogP contribution in [0.25, 0.3) is 15.9 Å². The van der Waals surface area contributed by atoms with Crippen molar-refractivity contribution in [2.75, 3.05) is 18.1 Å². The van der Waals surface area contributed by atoms with E-state index >= 15 is 0 Å². The van der Waals surface area contributed by atoms with Gasteiger partial charge in [0.2, 0.25) is 0 Å². The quantitative estimate of drug-likeness (QED) is 0.243. The van der Waals surface area contributed by atoms with E-state index in [-0.39, 0.29) is 36.3 Å². The number of nitrogens with two attached hydrogens (primary N) is 1. The monoisotopic (exact) mass is 576 g/mol. The van der Waals surface area contributed by atoms with Gasteiger partial charge in [0.15, 0.2) is 10.8 Å². The third-order valence-corrected chi connectivity index (χ3v) is 9.57. The lowest BCUT2D eigenvalue weighted by molar-refractivity contribution is 0.0862. The number of aliphatic hydroxyl groups is 1. The maximum atomic E-state index is 13.8. The van der Waals surface area contributed by atoms with Gasteiger partial charge >= 0.3 is 0 Å². The first kappa shape index (κ1) is 26.8. The predicted molar refractivity (Wildman–Crippen MR) is 160 cm³/mol. The molecule has 208 valence electrons. The molecule has 4 heterocycles. The molecule has 5 N–H and O–H groups in total. The minimum Gasteiger partial charge on any atom is -0.394 e. The highest BCUT2D eigenvalue weighted by Gasteiger charge is 2.31. The zero-order valence-electron chi connectivity index (χ0n) is 22.0. The van der Waals surface area contributed by atoms with Crippen LogP contribution in [0.5, 0.6) is 0 Å². The highest BCUT2D eigenvalue weighted by atomic mass is 32.2. The predicted octanol–water partition coefficient (Wildman–Crippen LogP) is 4.47. The van der Waals surface area contributed by atoms with Crippen molar-refractivity contribution in [1.29, 1.82) is 0 Å². The largest absolute Gasteiger partial charge is 0.394 e. The second-order valence-electron chi connectivity index (χ2n) is 10.4. The summed E-state index contributed by atoms with van der Waals surface area (Å²) in [7, 11) is 0. The number of benzene rings is 1. The fraction of sp³-hybridized carbons (Fsp3) is 0.379. The van der Waals surface area contributed by atoms with Crippen LogP contribution in [0, 0.1) is 5.92 Å². The number of thioether (sulfide) groups is 1. The second kappa shape index (κ2) is 11.6. The number of aromatic nitrogens is 3. The van der Waals surface area contributed by atoms with Crippen LogP contribution >= 0.6 is 23.1 Å². The normalized spacial score (nSPS) is 18.4. The Bertz CT molecular complexity index is 1590. The number of amides is 2. The van der Waals surface area contributed by atoms with Crippen LogP contribution in [0.2, 0.25) is 0 Å². The summed E-state index contributed by atoms with van der Waals surface area (Å²) in [5.74, 6) is 0.455. The molecule has 2 atom stereocenters. The van der Waals surface area contributed by atoms with Crippen LogP contribution in [0.1, 0.15) is 70.1 Å². The Morgan fingerprint density at radius 1 is 1.15 bits per heavy atom. The van der Waals surface area contributed by atoms with Gasteiger partial charge in [0.1, 0.15) is 5.69 Å². The molecule has 0 spiro atoms. The molecule has 0 radical (unpaired) electrons. The van der Waals surface area contributed by atoms with Crippen molar-refractivity contribution in [1.82, 2.24) is 25.0 Å². The van der Waals surface area contributed by atoms with E-state index < -0.39 is 0 Å². The molecular formula is C29H32N6O3S2. The Labute approximate surface area is 240 Å². The Morgan fingerprint density at radius 2 is 2.00 bits per heavy atom. The first-order valence-electron chi connectivity index (χ1n) is 13.7. The zero-order chi connectivity index (χ0) is 27.6. The van der Waals surface area contributed by atoms with Crippen molar-refractivity contribution in [2.45, 2.75) is 50.6 Å². The summed E-state index contributed by atoms with van der Waals surface area (Å²) in [4.78, 5) is 36.3. The molecule has 1 fully saturated rings. The lowest BCUT2D eigenvalue weighted by atomic mass is 9.84. The first-order chi connectivity index (χ1) is 19.5. The number of thiazole rings is 1.